The van der Waals surface area contributed by atoms with Gasteiger partial charge in [0.1, 0.15) is 5.75 Å². The van der Waals surface area contributed by atoms with Gasteiger partial charge in [-0.25, -0.2) is 0 Å². The van der Waals surface area contributed by atoms with Gasteiger partial charge in [-0.2, -0.15) is 5.26 Å². The van der Waals surface area contributed by atoms with E-state index < -0.39 is 0 Å². The van der Waals surface area contributed by atoms with E-state index in [1.807, 2.05) is 12.1 Å². The zero-order valence-corrected chi connectivity index (χ0v) is 12.3. The number of aryl methyl sites for hydroxylation is 1. The third-order valence-corrected chi connectivity index (χ3v) is 4.18. The summed E-state index contributed by atoms with van der Waals surface area (Å²) >= 11 is 0. The first-order chi connectivity index (χ1) is 10.2. The van der Waals surface area contributed by atoms with Crippen LogP contribution in [0.2, 0.25) is 0 Å². The number of carbonyl (C=O) groups is 1. The molecule has 0 radical (unpaired) electrons. The summed E-state index contributed by atoms with van der Waals surface area (Å²) in [5, 5.41) is 8.55. The van der Waals surface area contributed by atoms with E-state index in [1.165, 1.54) is 0 Å². The fourth-order valence-electron chi connectivity index (χ4n) is 2.76. The van der Waals surface area contributed by atoms with Crippen LogP contribution in [0.3, 0.4) is 0 Å². The molecule has 4 nitrogen and oxygen atoms in total. The summed E-state index contributed by atoms with van der Waals surface area (Å²) in [7, 11) is 0. The van der Waals surface area contributed by atoms with E-state index in [-0.39, 0.29) is 11.9 Å². The minimum atomic E-state index is -0.129. The zero-order chi connectivity index (χ0) is 15.1. The number of nitrogens with two attached hydrogens (primary N) is 1. The number of esters is 1. The molecular formula is C17H22N2O2. The molecule has 0 heterocycles. The van der Waals surface area contributed by atoms with Crippen LogP contribution in [-0.4, -0.2) is 12.5 Å². The van der Waals surface area contributed by atoms with E-state index in [9.17, 15) is 4.79 Å². The van der Waals surface area contributed by atoms with Crippen LogP contribution in [0.25, 0.3) is 0 Å². The highest BCUT2D eigenvalue weighted by Gasteiger charge is 2.27. The second-order valence-corrected chi connectivity index (χ2v) is 5.68. The van der Waals surface area contributed by atoms with Crippen molar-refractivity contribution in [3.63, 3.8) is 0 Å². The normalized spacial score (nSPS) is 21.5. The van der Waals surface area contributed by atoms with Crippen LogP contribution in [0.1, 0.15) is 37.7 Å². The summed E-state index contributed by atoms with van der Waals surface area (Å²) in [5.74, 6) is 1.02. The molecule has 0 aliphatic heterocycles. The molecule has 0 saturated heterocycles. The van der Waals surface area contributed by atoms with Crippen LogP contribution in [0.15, 0.2) is 24.3 Å². The quantitative estimate of drug-likeness (QED) is 0.667. The molecule has 112 valence electrons. The molecule has 0 bridgehead atoms. The van der Waals surface area contributed by atoms with Gasteiger partial charge in [0.15, 0.2) is 0 Å². The fraction of sp³-hybridized carbons (Fsp3) is 0.529. The van der Waals surface area contributed by atoms with Gasteiger partial charge in [0, 0.05) is 6.42 Å². The Kier molecular flexibility index (Phi) is 5.77. The van der Waals surface area contributed by atoms with Crippen LogP contribution in [0, 0.1) is 23.2 Å². The van der Waals surface area contributed by atoms with Gasteiger partial charge in [-0.3, -0.25) is 4.79 Å². The van der Waals surface area contributed by atoms with E-state index >= 15 is 0 Å². The molecule has 21 heavy (non-hydrogen) atoms. The Bertz CT molecular complexity index is 497. The van der Waals surface area contributed by atoms with Gasteiger partial charge in [0.2, 0.25) is 0 Å². The fourth-order valence-corrected chi connectivity index (χ4v) is 2.76. The SMILES string of the molecule is N#CCCc1ccc(OC(=O)[C@H]2CC[C@H](CN)CC2)cc1. The Hall–Kier alpha value is -1.86. The van der Waals surface area contributed by atoms with Crippen LogP contribution in [0.4, 0.5) is 0 Å². The van der Waals surface area contributed by atoms with Gasteiger partial charge >= 0.3 is 5.97 Å². The molecule has 4 heteroatoms. The van der Waals surface area contributed by atoms with E-state index in [4.69, 9.17) is 15.7 Å². The molecular weight excluding hydrogens is 264 g/mol. The first kappa shape index (κ1) is 15.5. The monoisotopic (exact) mass is 286 g/mol. The number of rotatable bonds is 5. The van der Waals surface area contributed by atoms with Gasteiger partial charge in [-0.1, -0.05) is 12.1 Å². The van der Waals surface area contributed by atoms with Crippen molar-refractivity contribution in [2.45, 2.75) is 38.5 Å². The molecule has 0 atom stereocenters. The summed E-state index contributed by atoms with van der Waals surface area (Å²) in [5.41, 5.74) is 6.74. The van der Waals surface area contributed by atoms with Crippen molar-refractivity contribution < 1.29 is 9.53 Å². The van der Waals surface area contributed by atoms with Gasteiger partial charge in [0.05, 0.1) is 12.0 Å². The molecule has 0 spiro atoms. The number of ether oxygens (including phenoxy) is 1. The van der Waals surface area contributed by atoms with E-state index in [0.29, 0.717) is 24.6 Å². The minimum Gasteiger partial charge on any atom is -0.426 e. The number of nitrogens with zero attached hydrogens (tertiary/aromatic N) is 1. The third kappa shape index (κ3) is 4.57. The van der Waals surface area contributed by atoms with Crippen molar-refractivity contribution in [1.82, 2.24) is 0 Å². The first-order valence-corrected chi connectivity index (χ1v) is 7.60. The second kappa shape index (κ2) is 7.80. The molecule has 1 fully saturated rings. The maximum atomic E-state index is 12.1. The molecule has 1 aromatic carbocycles. The number of benzene rings is 1. The summed E-state index contributed by atoms with van der Waals surface area (Å²) in [6.45, 7) is 0.714. The summed E-state index contributed by atoms with van der Waals surface area (Å²) < 4.78 is 5.45. The van der Waals surface area contributed by atoms with Crippen molar-refractivity contribution in [3.05, 3.63) is 29.8 Å². The first-order valence-electron chi connectivity index (χ1n) is 7.60. The van der Waals surface area contributed by atoms with Gasteiger partial charge in [-0.15, -0.1) is 0 Å². The zero-order valence-electron chi connectivity index (χ0n) is 12.3. The van der Waals surface area contributed by atoms with Crippen LogP contribution in [-0.2, 0) is 11.2 Å². The van der Waals surface area contributed by atoms with Crippen LogP contribution >= 0.6 is 0 Å². The van der Waals surface area contributed by atoms with Crippen molar-refractivity contribution >= 4 is 5.97 Å². The van der Waals surface area contributed by atoms with Crippen molar-refractivity contribution in [3.8, 4) is 11.8 Å². The highest BCUT2D eigenvalue weighted by Crippen LogP contribution is 2.29. The molecule has 1 aromatic rings. The Morgan fingerprint density at radius 1 is 1.24 bits per heavy atom. The Morgan fingerprint density at radius 2 is 1.90 bits per heavy atom. The van der Waals surface area contributed by atoms with Crippen molar-refractivity contribution in [1.29, 1.82) is 5.26 Å². The maximum Gasteiger partial charge on any atom is 0.314 e. The predicted molar refractivity (Wildman–Crippen MR) is 80.5 cm³/mol. The highest BCUT2D eigenvalue weighted by molar-refractivity contribution is 5.75. The minimum absolute atomic E-state index is 0.00562. The average Bonchev–Trinajstić information content (AvgIpc) is 2.54. The van der Waals surface area contributed by atoms with E-state index in [1.54, 1.807) is 12.1 Å². The molecule has 1 aliphatic carbocycles. The lowest BCUT2D eigenvalue weighted by molar-refractivity contribution is -0.140. The smallest absolute Gasteiger partial charge is 0.314 e. The molecule has 1 aliphatic rings. The second-order valence-electron chi connectivity index (χ2n) is 5.68. The number of nitriles is 1. The summed E-state index contributed by atoms with van der Waals surface area (Å²) in [6.07, 6.45) is 5.02. The van der Waals surface area contributed by atoms with Crippen LogP contribution < -0.4 is 10.5 Å². The number of hydrogen-bond acceptors (Lipinski definition) is 4. The Morgan fingerprint density at radius 3 is 2.48 bits per heavy atom. The highest BCUT2D eigenvalue weighted by atomic mass is 16.5. The molecule has 0 amide bonds. The van der Waals surface area contributed by atoms with Crippen molar-refractivity contribution in [2.75, 3.05) is 6.54 Å². The predicted octanol–water partition coefficient (Wildman–Crippen LogP) is 2.81. The average molecular weight is 286 g/mol. The van der Waals surface area contributed by atoms with E-state index in [2.05, 4.69) is 6.07 Å². The standard InChI is InChI=1S/C17H22N2O2/c18-11-1-2-13-5-9-16(10-6-13)21-17(20)15-7-3-14(12-19)4-8-15/h5-6,9-10,14-15H,1-4,7-8,12,19H2/t14-,15-. The lowest BCUT2D eigenvalue weighted by Gasteiger charge is -2.26. The molecule has 0 aromatic heterocycles. The summed E-state index contributed by atoms with van der Waals surface area (Å²) in [6, 6.07) is 9.54. The van der Waals surface area contributed by atoms with E-state index in [0.717, 1.165) is 37.7 Å². The van der Waals surface area contributed by atoms with Gasteiger partial charge in [0.25, 0.3) is 0 Å². The lowest BCUT2D eigenvalue weighted by atomic mass is 9.82. The molecule has 2 rings (SSSR count). The Balaban J connectivity index is 1.84. The number of carbonyl (C=O) groups excluding carboxylic acids is 1. The molecule has 0 unspecified atom stereocenters. The molecule has 1 saturated carbocycles. The largest absolute Gasteiger partial charge is 0.426 e. The van der Waals surface area contributed by atoms with Crippen molar-refractivity contribution in [2.24, 2.45) is 17.6 Å². The Labute approximate surface area is 125 Å². The number of hydrogen-bond donors (Lipinski definition) is 1. The third-order valence-electron chi connectivity index (χ3n) is 4.18. The topological polar surface area (TPSA) is 76.1 Å². The molecule has 2 N–H and O–H groups in total. The maximum absolute atomic E-state index is 12.1. The van der Waals surface area contributed by atoms with Gasteiger partial charge < -0.3 is 10.5 Å². The van der Waals surface area contributed by atoms with Gasteiger partial charge in [-0.05, 0) is 62.3 Å². The lowest BCUT2D eigenvalue weighted by Crippen LogP contribution is -2.28. The van der Waals surface area contributed by atoms with Crippen LogP contribution in [0.5, 0.6) is 5.75 Å². The summed E-state index contributed by atoms with van der Waals surface area (Å²) in [4.78, 5) is 12.1.